The molecule has 0 spiro atoms. The topological polar surface area (TPSA) is 76.1 Å². The quantitative estimate of drug-likeness (QED) is 0.663. The normalized spacial score (nSPS) is 22.0. The zero-order chi connectivity index (χ0) is 21.8. The molecule has 1 atom stereocenters. The van der Waals surface area contributed by atoms with E-state index in [9.17, 15) is 4.79 Å². The fraction of sp³-hybridized carbons (Fsp3) is 0.560. The van der Waals surface area contributed by atoms with Crippen LogP contribution >= 0.6 is 0 Å². The second-order valence-electron chi connectivity index (χ2n) is 9.02. The van der Waals surface area contributed by atoms with Gasteiger partial charge in [0.1, 0.15) is 11.6 Å². The van der Waals surface area contributed by atoms with Gasteiger partial charge >= 0.3 is 0 Å². The number of nitrogens with zero attached hydrogens (tertiary/aromatic N) is 2. The van der Waals surface area contributed by atoms with Crippen molar-refractivity contribution in [3.8, 4) is 0 Å². The van der Waals surface area contributed by atoms with Crippen LogP contribution in [0, 0.1) is 12.8 Å². The van der Waals surface area contributed by atoms with E-state index in [1.165, 1.54) is 5.56 Å². The summed E-state index contributed by atoms with van der Waals surface area (Å²) in [6, 6.07) is 10.3. The lowest BCUT2D eigenvalue weighted by Crippen LogP contribution is -2.37. The van der Waals surface area contributed by atoms with Crippen LogP contribution in [0.15, 0.2) is 30.3 Å². The van der Waals surface area contributed by atoms with Crippen molar-refractivity contribution in [2.75, 3.05) is 19.5 Å². The highest BCUT2D eigenvalue weighted by Crippen LogP contribution is 2.38. The van der Waals surface area contributed by atoms with E-state index >= 15 is 0 Å². The minimum atomic E-state index is -0.112. The number of hydrogen-bond acceptors (Lipinski definition) is 5. The Morgan fingerprint density at radius 3 is 2.55 bits per heavy atom. The second-order valence-corrected chi connectivity index (χ2v) is 9.02. The molecule has 0 saturated heterocycles. The Morgan fingerprint density at radius 1 is 1.13 bits per heavy atom. The van der Waals surface area contributed by atoms with Gasteiger partial charge in [-0.2, -0.15) is 0 Å². The molecule has 31 heavy (non-hydrogen) atoms. The SMILES string of the molecule is CNc1cc(CC(NC(=O)C2CCC(OC)CC2)c2cccc(C)c2)nc(C2CC2)n1. The fourth-order valence-electron chi connectivity index (χ4n) is 4.47. The van der Waals surface area contributed by atoms with Gasteiger partial charge in [0.2, 0.25) is 5.91 Å². The summed E-state index contributed by atoms with van der Waals surface area (Å²) in [6.07, 6.45) is 6.93. The summed E-state index contributed by atoms with van der Waals surface area (Å²) >= 11 is 0. The summed E-state index contributed by atoms with van der Waals surface area (Å²) in [4.78, 5) is 22.7. The summed E-state index contributed by atoms with van der Waals surface area (Å²) in [5.74, 6) is 2.45. The van der Waals surface area contributed by atoms with Crippen molar-refractivity contribution in [2.45, 2.75) is 69.9 Å². The van der Waals surface area contributed by atoms with E-state index in [1.54, 1.807) is 7.11 Å². The number of anilines is 1. The Labute approximate surface area is 185 Å². The number of ether oxygens (including phenoxy) is 1. The van der Waals surface area contributed by atoms with Gasteiger partial charge in [-0.1, -0.05) is 29.8 Å². The van der Waals surface area contributed by atoms with Crippen LogP contribution in [0.5, 0.6) is 0 Å². The van der Waals surface area contributed by atoms with Crippen molar-refractivity contribution in [3.63, 3.8) is 0 Å². The van der Waals surface area contributed by atoms with Gasteiger partial charge < -0.3 is 15.4 Å². The smallest absolute Gasteiger partial charge is 0.223 e. The standard InChI is InChI=1S/C25H34N4O2/c1-16-5-4-6-19(13-16)22(28-25(30)18-9-11-21(31-3)12-10-18)14-20-15-23(26-2)29-24(27-20)17-7-8-17/h4-6,13,15,17-18,21-22H,7-12,14H2,1-3H3,(H,28,30)(H,26,27,29). The zero-order valence-corrected chi connectivity index (χ0v) is 18.9. The third-order valence-corrected chi connectivity index (χ3v) is 6.55. The molecule has 1 amide bonds. The van der Waals surface area contributed by atoms with Crippen LogP contribution < -0.4 is 10.6 Å². The molecule has 2 aliphatic carbocycles. The minimum absolute atomic E-state index is 0.0546. The number of benzene rings is 1. The Bertz CT molecular complexity index is 904. The number of rotatable bonds is 8. The Balaban J connectivity index is 1.54. The largest absolute Gasteiger partial charge is 0.381 e. The number of carbonyl (C=O) groups is 1. The molecule has 2 aromatic rings. The molecule has 2 N–H and O–H groups in total. The van der Waals surface area contributed by atoms with Gasteiger partial charge in [-0.3, -0.25) is 4.79 Å². The monoisotopic (exact) mass is 422 g/mol. The first kappa shape index (κ1) is 21.8. The van der Waals surface area contributed by atoms with Crippen LogP contribution in [0.3, 0.4) is 0 Å². The van der Waals surface area contributed by atoms with Gasteiger partial charge in [-0.05, 0) is 51.0 Å². The summed E-state index contributed by atoms with van der Waals surface area (Å²) in [6.45, 7) is 2.09. The molecule has 2 aliphatic rings. The summed E-state index contributed by atoms with van der Waals surface area (Å²) in [5, 5.41) is 6.52. The van der Waals surface area contributed by atoms with Gasteiger partial charge in [-0.15, -0.1) is 0 Å². The van der Waals surface area contributed by atoms with Crippen LogP contribution in [-0.2, 0) is 16.0 Å². The molecular weight excluding hydrogens is 388 g/mol. The predicted octanol–water partition coefficient (Wildman–Crippen LogP) is 4.31. The zero-order valence-electron chi connectivity index (χ0n) is 18.9. The predicted molar refractivity (Wildman–Crippen MR) is 122 cm³/mol. The molecule has 2 saturated carbocycles. The average Bonchev–Trinajstić information content (AvgIpc) is 3.64. The lowest BCUT2D eigenvalue weighted by molar-refractivity contribution is -0.127. The van der Waals surface area contributed by atoms with E-state index in [4.69, 9.17) is 9.72 Å². The molecule has 166 valence electrons. The van der Waals surface area contributed by atoms with E-state index < -0.39 is 0 Å². The van der Waals surface area contributed by atoms with Crippen molar-refractivity contribution < 1.29 is 9.53 Å². The highest BCUT2D eigenvalue weighted by Gasteiger charge is 2.30. The van der Waals surface area contributed by atoms with Crippen molar-refractivity contribution in [3.05, 3.63) is 53.0 Å². The molecule has 1 heterocycles. The molecule has 1 unspecified atom stereocenters. The maximum absolute atomic E-state index is 13.2. The lowest BCUT2D eigenvalue weighted by Gasteiger charge is -2.29. The van der Waals surface area contributed by atoms with E-state index in [0.717, 1.165) is 61.4 Å². The molecule has 0 aliphatic heterocycles. The van der Waals surface area contributed by atoms with Crippen LogP contribution in [0.25, 0.3) is 0 Å². The molecule has 6 heteroatoms. The van der Waals surface area contributed by atoms with E-state index in [-0.39, 0.29) is 17.9 Å². The molecule has 1 aromatic heterocycles. The average molecular weight is 423 g/mol. The van der Waals surface area contributed by atoms with Gasteiger partial charge in [0, 0.05) is 44.2 Å². The van der Waals surface area contributed by atoms with Crippen LogP contribution in [-0.4, -0.2) is 36.1 Å². The number of hydrogen-bond donors (Lipinski definition) is 2. The third-order valence-electron chi connectivity index (χ3n) is 6.55. The number of aryl methyl sites for hydroxylation is 1. The van der Waals surface area contributed by atoms with Crippen molar-refractivity contribution in [1.82, 2.24) is 15.3 Å². The minimum Gasteiger partial charge on any atom is -0.381 e. The second kappa shape index (κ2) is 9.77. The van der Waals surface area contributed by atoms with Gasteiger partial charge in [-0.25, -0.2) is 9.97 Å². The maximum Gasteiger partial charge on any atom is 0.223 e. The lowest BCUT2D eigenvalue weighted by atomic mass is 9.86. The Kier molecular flexibility index (Phi) is 6.86. The molecule has 2 fully saturated rings. The Hall–Kier alpha value is -2.47. The van der Waals surface area contributed by atoms with E-state index in [2.05, 4.69) is 46.8 Å². The van der Waals surface area contributed by atoms with Crippen LogP contribution in [0.2, 0.25) is 0 Å². The molecule has 0 radical (unpaired) electrons. The Morgan fingerprint density at radius 2 is 1.90 bits per heavy atom. The van der Waals surface area contributed by atoms with Crippen molar-refractivity contribution in [1.29, 1.82) is 0 Å². The molecular formula is C25H34N4O2. The first-order chi connectivity index (χ1) is 15.1. The van der Waals surface area contributed by atoms with E-state index in [1.807, 2.05) is 13.1 Å². The van der Waals surface area contributed by atoms with Gasteiger partial charge in [0.05, 0.1) is 12.1 Å². The molecule has 1 aromatic carbocycles. The maximum atomic E-state index is 13.2. The number of nitrogens with one attached hydrogen (secondary N) is 2. The first-order valence-electron chi connectivity index (χ1n) is 11.5. The number of methoxy groups -OCH3 is 1. The van der Waals surface area contributed by atoms with Crippen LogP contribution in [0.1, 0.15) is 73.1 Å². The summed E-state index contributed by atoms with van der Waals surface area (Å²) in [7, 11) is 3.65. The summed E-state index contributed by atoms with van der Waals surface area (Å²) < 4.78 is 5.47. The number of amides is 1. The van der Waals surface area contributed by atoms with Crippen molar-refractivity contribution >= 4 is 11.7 Å². The first-order valence-corrected chi connectivity index (χ1v) is 11.5. The van der Waals surface area contributed by atoms with Gasteiger partial charge in [0.15, 0.2) is 0 Å². The summed E-state index contributed by atoms with van der Waals surface area (Å²) in [5.41, 5.74) is 3.28. The molecule has 4 rings (SSSR count). The van der Waals surface area contributed by atoms with E-state index in [0.29, 0.717) is 18.4 Å². The number of aromatic nitrogens is 2. The highest BCUT2D eigenvalue weighted by atomic mass is 16.5. The third kappa shape index (κ3) is 5.62. The van der Waals surface area contributed by atoms with Crippen LogP contribution in [0.4, 0.5) is 5.82 Å². The van der Waals surface area contributed by atoms with Gasteiger partial charge in [0.25, 0.3) is 0 Å². The van der Waals surface area contributed by atoms with Crippen molar-refractivity contribution in [2.24, 2.45) is 5.92 Å². The highest BCUT2D eigenvalue weighted by molar-refractivity contribution is 5.79. The molecule has 0 bridgehead atoms. The molecule has 6 nitrogen and oxygen atoms in total. The fourth-order valence-corrected chi connectivity index (χ4v) is 4.47. The number of carbonyl (C=O) groups excluding carboxylic acids is 1.